The van der Waals surface area contributed by atoms with Crippen molar-refractivity contribution in [3.8, 4) is 5.75 Å². The van der Waals surface area contributed by atoms with Crippen LogP contribution in [0.3, 0.4) is 0 Å². The first-order valence-electron chi connectivity index (χ1n) is 9.89. The molecule has 0 aliphatic carbocycles. The van der Waals surface area contributed by atoms with Gasteiger partial charge in [-0.05, 0) is 37.0 Å². The fourth-order valence-electron chi connectivity index (χ4n) is 2.89. The molecule has 1 atom stereocenters. The van der Waals surface area contributed by atoms with Crippen molar-refractivity contribution in [2.75, 3.05) is 26.3 Å². The molecule has 154 valence electrons. The molecule has 7 nitrogen and oxygen atoms in total. The zero-order chi connectivity index (χ0) is 20.5. The summed E-state index contributed by atoms with van der Waals surface area (Å²) in [6.45, 7) is 7.67. The molecule has 1 N–H and O–H groups in total. The average molecular weight is 390 g/mol. The first-order valence-corrected chi connectivity index (χ1v) is 9.89. The number of nitrogens with one attached hydrogen (secondary N) is 1. The van der Waals surface area contributed by atoms with Gasteiger partial charge in [-0.2, -0.15) is 0 Å². The normalized spacial score (nSPS) is 16.6. The minimum absolute atomic E-state index is 0.151. The molecule has 1 aromatic carbocycles. The number of rotatable bonds is 9. The molecule has 2 rings (SSSR count). The van der Waals surface area contributed by atoms with Crippen molar-refractivity contribution in [1.29, 1.82) is 0 Å². The first-order chi connectivity index (χ1) is 13.4. The monoisotopic (exact) mass is 390 g/mol. The smallest absolute Gasteiger partial charge is 0.308 e. The van der Waals surface area contributed by atoms with Gasteiger partial charge < -0.3 is 19.7 Å². The van der Waals surface area contributed by atoms with Crippen molar-refractivity contribution in [3.63, 3.8) is 0 Å². The molecule has 28 heavy (non-hydrogen) atoms. The molecule has 0 bridgehead atoms. The van der Waals surface area contributed by atoms with Gasteiger partial charge in [0.15, 0.2) is 0 Å². The number of benzene rings is 1. The van der Waals surface area contributed by atoms with Crippen LogP contribution in [-0.2, 0) is 14.3 Å². The summed E-state index contributed by atoms with van der Waals surface area (Å²) in [5.41, 5.74) is 0.432. The second kappa shape index (κ2) is 10.7. The number of amides is 2. The fourth-order valence-corrected chi connectivity index (χ4v) is 2.89. The number of hydrogen-bond donors (Lipinski definition) is 1. The summed E-state index contributed by atoms with van der Waals surface area (Å²) in [4.78, 5) is 38.9. The predicted molar refractivity (Wildman–Crippen MR) is 105 cm³/mol. The molecule has 1 aliphatic heterocycles. The van der Waals surface area contributed by atoms with E-state index < -0.39 is 12.0 Å². The Hall–Kier alpha value is -2.57. The van der Waals surface area contributed by atoms with E-state index in [1.54, 1.807) is 24.3 Å². The lowest BCUT2D eigenvalue weighted by atomic mass is 10.1. The molecule has 7 heteroatoms. The number of ether oxygens (including phenoxy) is 2. The highest BCUT2D eigenvalue weighted by Gasteiger charge is 2.35. The van der Waals surface area contributed by atoms with E-state index >= 15 is 0 Å². The van der Waals surface area contributed by atoms with Crippen LogP contribution in [0, 0.1) is 5.92 Å². The van der Waals surface area contributed by atoms with Gasteiger partial charge in [-0.25, -0.2) is 0 Å². The molecule has 1 saturated heterocycles. The van der Waals surface area contributed by atoms with E-state index in [-0.39, 0.29) is 18.2 Å². The second-order valence-electron chi connectivity index (χ2n) is 7.29. The number of piperazine rings is 1. The number of carbonyl (C=O) groups is 3. The maximum Gasteiger partial charge on any atom is 0.308 e. The van der Waals surface area contributed by atoms with Gasteiger partial charge >= 0.3 is 5.97 Å². The molecule has 0 saturated carbocycles. The Bertz CT molecular complexity index is 689. The zero-order valence-corrected chi connectivity index (χ0v) is 16.9. The van der Waals surface area contributed by atoms with E-state index in [9.17, 15) is 14.4 Å². The minimum Gasteiger partial charge on any atom is -0.494 e. The molecule has 1 unspecified atom stereocenters. The van der Waals surface area contributed by atoms with Crippen molar-refractivity contribution < 1.29 is 23.9 Å². The van der Waals surface area contributed by atoms with E-state index in [4.69, 9.17) is 9.47 Å². The van der Waals surface area contributed by atoms with E-state index in [1.807, 2.05) is 20.8 Å². The van der Waals surface area contributed by atoms with Crippen molar-refractivity contribution in [3.05, 3.63) is 29.8 Å². The van der Waals surface area contributed by atoms with Crippen LogP contribution in [0.15, 0.2) is 24.3 Å². The summed E-state index contributed by atoms with van der Waals surface area (Å²) in [5.74, 6) is -0.0685. The SMILES string of the molecule is CCCOc1cccc(C(=O)N2CCNC(=O)C2CC(=O)OCCC(C)C)c1. The Morgan fingerprint density at radius 2 is 2.07 bits per heavy atom. The summed E-state index contributed by atoms with van der Waals surface area (Å²) < 4.78 is 10.8. The van der Waals surface area contributed by atoms with Gasteiger partial charge in [0, 0.05) is 18.7 Å². The largest absolute Gasteiger partial charge is 0.494 e. The summed E-state index contributed by atoms with van der Waals surface area (Å²) in [6.07, 6.45) is 1.48. The molecule has 0 spiro atoms. The lowest BCUT2D eigenvalue weighted by Crippen LogP contribution is -2.57. The van der Waals surface area contributed by atoms with Gasteiger partial charge in [0.25, 0.3) is 5.91 Å². The summed E-state index contributed by atoms with van der Waals surface area (Å²) in [5, 5.41) is 2.72. The Morgan fingerprint density at radius 1 is 1.29 bits per heavy atom. The lowest BCUT2D eigenvalue weighted by molar-refractivity contribution is -0.148. The van der Waals surface area contributed by atoms with Crippen LogP contribution in [0.25, 0.3) is 0 Å². The number of carbonyl (C=O) groups excluding carboxylic acids is 3. The molecule has 1 heterocycles. The van der Waals surface area contributed by atoms with Crippen LogP contribution < -0.4 is 10.1 Å². The Balaban J connectivity index is 2.07. The first kappa shape index (κ1) is 21.7. The molecule has 2 amide bonds. The number of hydrogen-bond acceptors (Lipinski definition) is 5. The van der Waals surface area contributed by atoms with E-state index in [2.05, 4.69) is 5.32 Å². The van der Waals surface area contributed by atoms with Gasteiger partial charge in [0.05, 0.1) is 19.6 Å². The summed E-state index contributed by atoms with van der Waals surface area (Å²) in [7, 11) is 0. The summed E-state index contributed by atoms with van der Waals surface area (Å²) >= 11 is 0. The molecule has 0 radical (unpaired) electrons. The summed E-state index contributed by atoms with van der Waals surface area (Å²) in [6, 6.07) is 6.03. The standard InChI is InChI=1S/C21H30N2O5/c1-4-11-27-17-7-5-6-16(13-17)21(26)23-10-9-22-20(25)18(23)14-19(24)28-12-8-15(2)3/h5-7,13,15,18H,4,8-12,14H2,1-3H3,(H,22,25). The van der Waals surface area contributed by atoms with Gasteiger partial charge in [-0.15, -0.1) is 0 Å². The highest BCUT2D eigenvalue weighted by atomic mass is 16.5. The lowest BCUT2D eigenvalue weighted by Gasteiger charge is -2.34. The molecular weight excluding hydrogens is 360 g/mol. The van der Waals surface area contributed by atoms with E-state index in [0.29, 0.717) is 43.5 Å². The number of nitrogens with zero attached hydrogens (tertiary/aromatic N) is 1. The van der Waals surface area contributed by atoms with Crippen LogP contribution in [0.1, 0.15) is 50.4 Å². The van der Waals surface area contributed by atoms with Crippen LogP contribution in [0.5, 0.6) is 5.75 Å². The van der Waals surface area contributed by atoms with Gasteiger partial charge in [0.1, 0.15) is 11.8 Å². The quantitative estimate of drug-likeness (QED) is 0.655. The van der Waals surface area contributed by atoms with E-state index in [1.165, 1.54) is 4.90 Å². The molecular formula is C21H30N2O5. The van der Waals surface area contributed by atoms with Crippen molar-refractivity contribution in [2.24, 2.45) is 5.92 Å². The highest BCUT2D eigenvalue weighted by molar-refractivity contribution is 5.99. The topological polar surface area (TPSA) is 84.9 Å². The third-order valence-corrected chi connectivity index (χ3v) is 4.46. The minimum atomic E-state index is -0.868. The maximum atomic E-state index is 13.0. The Morgan fingerprint density at radius 3 is 2.79 bits per heavy atom. The van der Waals surface area contributed by atoms with Crippen LogP contribution >= 0.6 is 0 Å². The third-order valence-electron chi connectivity index (χ3n) is 4.46. The van der Waals surface area contributed by atoms with Gasteiger partial charge in [0.2, 0.25) is 5.91 Å². The molecule has 0 aromatic heterocycles. The predicted octanol–water partition coefficient (Wildman–Crippen LogP) is 2.40. The van der Waals surface area contributed by atoms with Gasteiger partial charge in [-0.1, -0.05) is 26.8 Å². The Labute approximate surface area is 166 Å². The van der Waals surface area contributed by atoms with Crippen molar-refractivity contribution >= 4 is 17.8 Å². The number of esters is 1. The van der Waals surface area contributed by atoms with Gasteiger partial charge in [-0.3, -0.25) is 14.4 Å². The maximum absolute atomic E-state index is 13.0. The van der Waals surface area contributed by atoms with Crippen LogP contribution in [0.2, 0.25) is 0 Å². The molecule has 1 fully saturated rings. The fraction of sp³-hybridized carbons (Fsp3) is 0.571. The van der Waals surface area contributed by atoms with Crippen molar-refractivity contribution in [2.45, 2.75) is 46.1 Å². The third kappa shape index (κ3) is 6.25. The Kier molecular flexibility index (Phi) is 8.29. The van der Waals surface area contributed by atoms with Crippen molar-refractivity contribution in [1.82, 2.24) is 10.2 Å². The van der Waals surface area contributed by atoms with Crippen LogP contribution in [0.4, 0.5) is 0 Å². The van der Waals surface area contributed by atoms with E-state index in [0.717, 1.165) is 12.8 Å². The zero-order valence-electron chi connectivity index (χ0n) is 16.9. The highest BCUT2D eigenvalue weighted by Crippen LogP contribution is 2.19. The molecule has 1 aliphatic rings. The van der Waals surface area contributed by atoms with Crippen LogP contribution in [-0.4, -0.2) is 55.0 Å². The second-order valence-corrected chi connectivity index (χ2v) is 7.29. The molecule has 1 aromatic rings. The average Bonchev–Trinajstić information content (AvgIpc) is 2.67.